The van der Waals surface area contributed by atoms with Gasteiger partial charge in [-0.05, 0) is 33.1 Å². The maximum atomic E-state index is 11.9. The third kappa shape index (κ3) is 5.07. The van der Waals surface area contributed by atoms with Crippen molar-refractivity contribution in [2.75, 3.05) is 13.6 Å². The van der Waals surface area contributed by atoms with E-state index in [-0.39, 0.29) is 36.5 Å². The maximum absolute atomic E-state index is 11.9. The third-order valence-electron chi connectivity index (χ3n) is 3.29. The van der Waals surface area contributed by atoms with Crippen molar-refractivity contribution in [3.8, 4) is 0 Å². The van der Waals surface area contributed by atoms with Crippen molar-refractivity contribution in [1.82, 2.24) is 15.5 Å². The molecule has 1 aliphatic rings. The molecule has 0 aromatic heterocycles. The first-order valence-corrected chi connectivity index (χ1v) is 6.83. The van der Waals surface area contributed by atoms with Gasteiger partial charge in [0.15, 0.2) is 0 Å². The quantitative estimate of drug-likeness (QED) is 0.681. The minimum atomic E-state index is -0.814. The number of rotatable bonds is 5. The molecule has 20 heavy (non-hydrogen) atoms. The summed E-state index contributed by atoms with van der Waals surface area (Å²) in [7, 11) is 1.54. The average Bonchev–Trinajstić information content (AvgIpc) is 2.76. The van der Waals surface area contributed by atoms with Crippen LogP contribution in [0.1, 0.15) is 33.1 Å². The fraction of sp³-hybridized carbons (Fsp3) is 0.769. The van der Waals surface area contributed by atoms with E-state index in [0.717, 1.165) is 0 Å². The number of carboxylic acid groups (broad SMARTS) is 1. The second-order valence-electron chi connectivity index (χ2n) is 5.57. The van der Waals surface area contributed by atoms with Crippen molar-refractivity contribution in [2.24, 2.45) is 5.92 Å². The number of hydrogen-bond donors (Lipinski definition) is 3. The van der Waals surface area contributed by atoms with E-state index in [4.69, 9.17) is 5.11 Å². The Balaban J connectivity index is 2.35. The molecule has 7 nitrogen and oxygen atoms in total. The highest BCUT2D eigenvalue weighted by molar-refractivity contribution is 5.84. The lowest BCUT2D eigenvalue weighted by Gasteiger charge is -2.21. The van der Waals surface area contributed by atoms with E-state index >= 15 is 0 Å². The second kappa shape index (κ2) is 7.12. The van der Waals surface area contributed by atoms with Gasteiger partial charge in [0.1, 0.15) is 6.54 Å². The van der Waals surface area contributed by atoms with E-state index < -0.39 is 5.97 Å². The fourth-order valence-electron chi connectivity index (χ4n) is 2.28. The third-order valence-corrected chi connectivity index (χ3v) is 3.29. The van der Waals surface area contributed by atoms with E-state index in [1.54, 1.807) is 7.05 Å². The highest BCUT2D eigenvalue weighted by atomic mass is 16.4. The second-order valence-corrected chi connectivity index (χ2v) is 5.57. The number of carbonyl (C=O) groups is 3. The molecule has 0 spiro atoms. The smallest absolute Gasteiger partial charge is 0.317 e. The largest absolute Gasteiger partial charge is 0.481 e. The standard InChI is InChI=1S/C13H23N3O4/c1-8(2)14-11(17)7-16(3)13(20)15-10-5-4-9(6-10)12(18)19/h8-10H,4-7H2,1-3H3,(H,14,17)(H,15,20)(H,18,19)/t9-,10+/m1/s1. The van der Waals surface area contributed by atoms with E-state index in [1.165, 1.54) is 4.90 Å². The molecule has 0 aliphatic heterocycles. The molecule has 1 rings (SSSR count). The molecule has 3 amide bonds. The van der Waals surface area contributed by atoms with Gasteiger partial charge in [0.2, 0.25) is 5.91 Å². The molecular weight excluding hydrogens is 262 g/mol. The summed E-state index contributed by atoms with van der Waals surface area (Å²) >= 11 is 0. The van der Waals surface area contributed by atoms with Crippen molar-refractivity contribution in [2.45, 2.75) is 45.2 Å². The lowest BCUT2D eigenvalue weighted by atomic mass is 10.1. The lowest BCUT2D eigenvalue weighted by molar-refractivity contribution is -0.141. The van der Waals surface area contributed by atoms with Crippen LogP contribution in [-0.2, 0) is 9.59 Å². The summed E-state index contributed by atoms with van der Waals surface area (Å²) in [5, 5.41) is 14.4. The van der Waals surface area contributed by atoms with E-state index in [2.05, 4.69) is 10.6 Å². The zero-order valence-corrected chi connectivity index (χ0v) is 12.2. The SMILES string of the molecule is CC(C)NC(=O)CN(C)C(=O)N[C@H]1CC[C@@H](C(=O)O)C1. The molecule has 0 aromatic carbocycles. The lowest BCUT2D eigenvalue weighted by Crippen LogP contribution is -2.47. The topological polar surface area (TPSA) is 98.7 Å². The van der Waals surface area contributed by atoms with Crippen LogP contribution in [0.4, 0.5) is 4.79 Å². The molecule has 0 aromatic rings. The van der Waals surface area contributed by atoms with E-state index in [9.17, 15) is 14.4 Å². The van der Waals surface area contributed by atoms with Gasteiger partial charge in [-0.2, -0.15) is 0 Å². The van der Waals surface area contributed by atoms with Gasteiger partial charge in [-0.1, -0.05) is 0 Å². The zero-order chi connectivity index (χ0) is 15.3. The Kier molecular flexibility index (Phi) is 5.79. The molecule has 2 atom stereocenters. The van der Waals surface area contributed by atoms with Crippen LogP contribution < -0.4 is 10.6 Å². The molecule has 114 valence electrons. The van der Waals surface area contributed by atoms with Gasteiger partial charge in [0.05, 0.1) is 5.92 Å². The monoisotopic (exact) mass is 285 g/mol. The summed E-state index contributed by atoms with van der Waals surface area (Å²) < 4.78 is 0. The minimum absolute atomic E-state index is 0.0148. The number of carbonyl (C=O) groups excluding carboxylic acids is 2. The van der Waals surface area contributed by atoms with E-state index in [0.29, 0.717) is 19.3 Å². The Morgan fingerprint density at radius 1 is 1.30 bits per heavy atom. The van der Waals surface area contributed by atoms with Crippen molar-refractivity contribution in [1.29, 1.82) is 0 Å². The van der Waals surface area contributed by atoms with Gasteiger partial charge in [-0.15, -0.1) is 0 Å². The predicted octanol–water partition coefficient (Wildman–Crippen LogP) is 0.406. The first-order chi connectivity index (χ1) is 9.29. The zero-order valence-electron chi connectivity index (χ0n) is 12.2. The Morgan fingerprint density at radius 3 is 2.45 bits per heavy atom. The fourth-order valence-corrected chi connectivity index (χ4v) is 2.28. The Bertz CT molecular complexity index is 384. The normalized spacial score (nSPS) is 21.6. The number of nitrogens with zero attached hydrogens (tertiary/aromatic N) is 1. The molecule has 0 saturated heterocycles. The van der Waals surface area contributed by atoms with Crippen LogP contribution in [0.15, 0.2) is 0 Å². The van der Waals surface area contributed by atoms with Crippen LogP contribution in [0, 0.1) is 5.92 Å². The maximum Gasteiger partial charge on any atom is 0.317 e. The van der Waals surface area contributed by atoms with Gasteiger partial charge in [0.25, 0.3) is 0 Å². The van der Waals surface area contributed by atoms with E-state index in [1.807, 2.05) is 13.8 Å². The van der Waals surface area contributed by atoms with Crippen LogP contribution in [0.2, 0.25) is 0 Å². The number of aliphatic carboxylic acids is 1. The summed E-state index contributed by atoms with van der Waals surface area (Å²) in [6.45, 7) is 3.68. The number of likely N-dealkylation sites (N-methyl/N-ethyl adjacent to an activating group) is 1. The Morgan fingerprint density at radius 2 is 1.95 bits per heavy atom. The summed E-state index contributed by atoms with van der Waals surface area (Å²) in [5.74, 6) is -1.41. The van der Waals surface area contributed by atoms with Crippen molar-refractivity contribution in [3.05, 3.63) is 0 Å². The number of amides is 3. The van der Waals surface area contributed by atoms with Gasteiger partial charge in [-0.3, -0.25) is 9.59 Å². The predicted molar refractivity (Wildman–Crippen MR) is 73.2 cm³/mol. The van der Waals surface area contributed by atoms with Crippen LogP contribution in [-0.4, -0.2) is 53.6 Å². The first-order valence-electron chi connectivity index (χ1n) is 6.83. The summed E-state index contributed by atoms with van der Waals surface area (Å²) in [6, 6.07) is -0.440. The number of carboxylic acids is 1. The van der Waals surface area contributed by atoms with Crippen LogP contribution in [0.25, 0.3) is 0 Å². The molecule has 7 heteroatoms. The van der Waals surface area contributed by atoms with Gasteiger partial charge >= 0.3 is 12.0 Å². The van der Waals surface area contributed by atoms with Gasteiger partial charge in [0, 0.05) is 19.1 Å². The Labute approximate surface area is 118 Å². The van der Waals surface area contributed by atoms with Crippen molar-refractivity contribution in [3.63, 3.8) is 0 Å². The highest BCUT2D eigenvalue weighted by Crippen LogP contribution is 2.25. The molecule has 0 unspecified atom stereocenters. The summed E-state index contributed by atoms with van der Waals surface area (Å²) in [4.78, 5) is 35.6. The van der Waals surface area contributed by atoms with Crippen LogP contribution in [0.3, 0.4) is 0 Å². The van der Waals surface area contributed by atoms with Crippen molar-refractivity contribution < 1.29 is 19.5 Å². The molecule has 3 N–H and O–H groups in total. The molecule has 0 bridgehead atoms. The molecule has 1 saturated carbocycles. The van der Waals surface area contributed by atoms with Crippen LogP contribution >= 0.6 is 0 Å². The Hall–Kier alpha value is -1.79. The molecule has 0 heterocycles. The van der Waals surface area contributed by atoms with Gasteiger partial charge in [-0.25, -0.2) is 4.79 Å². The van der Waals surface area contributed by atoms with Crippen LogP contribution in [0.5, 0.6) is 0 Å². The average molecular weight is 285 g/mol. The molecule has 1 fully saturated rings. The molecule has 0 radical (unpaired) electrons. The molecular formula is C13H23N3O4. The minimum Gasteiger partial charge on any atom is -0.481 e. The number of nitrogens with one attached hydrogen (secondary N) is 2. The van der Waals surface area contributed by atoms with Gasteiger partial charge < -0.3 is 20.6 Å². The van der Waals surface area contributed by atoms with Crippen molar-refractivity contribution >= 4 is 17.9 Å². The summed E-state index contributed by atoms with van der Waals surface area (Å²) in [6.07, 6.45) is 1.69. The number of hydrogen-bond acceptors (Lipinski definition) is 3. The number of urea groups is 1. The molecule has 1 aliphatic carbocycles. The first kappa shape index (κ1) is 16.3. The summed E-state index contributed by atoms with van der Waals surface area (Å²) in [5.41, 5.74) is 0. The highest BCUT2D eigenvalue weighted by Gasteiger charge is 2.31.